The Bertz CT molecular complexity index is 1650. The van der Waals surface area contributed by atoms with Crippen LogP contribution in [0.1, 0.15) is 5.56 Å². The third-order valence-electron chi connectivity index (χ3n) is 5.75. The van der Waals surface area contributed by atoms with Gasteiger partial charge in [0.2, 0.25) is 0 Å². The molecule has 4 heterocycles. The quantitative estimate of drug-likeness (QED) is 0.319. The Morgan fingerprint density at radius 2 is 1.76 bits per heavy atom. The second-order valence-corrected chi connectivity index (χ2v) is 8.09. The molecule has 0 spiro atoms. The van der Waals surface area contributed by atoms with E-state index in [4.69, 9.17) is 0 Å². The summed E-state index contributed by atoms with van der Waals surface area (Å²) in [5.74, 6) is -0.160. The maximum atomic E-state index is 14.1. The predicted octanol–water partition coefficient (Wildman–Crippen LogP) is 5.99. The average Bonchev–Trinajstić information content (AvgIpc) is 3.41. The highest BCUT2D eigenvalue weighted by Gasteiger charge is 2.15. The van der Waals surface area contributed by atoms with Crippen molar-refractivity contribution < 1.29 is 9.50 Å². The van der Waals surface area contributed by atoms with Crippen LogP contribution in [0.2, 0.25) is 0 Å². The number of nitrogens with zero attached hydrogens (tertiary/aromatic N) is 3. The van der Waals surface area contributed by atoms with Crippen LogP contribution >= 0.6 is 0 Å². The number of pyridine rings is 2. The first kappa shape index (κ1) is 19.2. The van der Waals surface area contributed by atoms with Crippen molar-refractivity contribution in [2.24, 2.45) is 0 Å². The van der Waals surface area contributed by atoms with E-state index in [1.807, 2.05) is 43.3 Å². The lowest BCUT2D eigenvalue weighted by Crippen LogP contribution is -1.84. The molecule has 0 aliphatic heterocycles. The van der Waals surface area contributed by atoms with Crippen LogP contribution in [-0.2, 0) is 0 Å². The molecule has 7 heteroatoms. The van der Waals surface area contributed by atoms with Crippen molar-refractivity contribution in [3.63, 3.8) is 0 Å². The van der Waals surface area contributed by atoms with Gasteiger partial charge in [-0.05, 0) is 60.0 Å². The Kier molecular flexibility index (Phi) is 4.23. The molecule has 0 unspecified atom stereocenters. The molecule has 0 fully saturated rings. The Labute approximate surface area is 187 Å². The van der Waals surface area contributed by atoms with E-state index in [1.54, 1.807) is 24.5 Å². The maximum Gasteiger partial charge on any atom is 0.155 e. The SMILES string of the molecule is Cc1cc(F)cc(-c2cccc3[nH]c(-c4n[nH]c5ncc(-c6cncc(O)c6)cc45)cc23)c1. The smallest absolute Gasteiger partial charge is 0.155 e. The average molecular weight is 435 g/mol. The van der Waals surface area contributed by atoms with Crippen molar-refractivity contribution in [3.8, 4) is 39.4 Å². The number of aromatic hydroxyl groups is 1. The molecule has 0 amide bonds. The van der Waals surface area contributed by atoms with Crippen LogP contribution in [0.15, 0.2) is 73.2 Å². The van der Waals surface area contributed by atoms with E-state index in [9.17, 15) is 9.50 Å². The van der Waals surface area contributed by atoms with Crippen LogP contribution in [0.3, 0.4) is 0 Å². The summed E-state index contributed by atoms with van der Waals surface area (Å²) in [7, 11) is 0. The summed E-state index contributed by atoms with van der Waals surface area (Å²) in [5.41, 5.74) is 7.37. The molecule has 0 aliphatic rings. The molecular formula is C26H18FN5O. The van der Waals surface area contributed by atoms with Crippen LogP contribution in [0.25, 0.3) is 55.6 Å². The van der Waals surface area contributed by atoms with E-state index < -0.39 is 0 Å². The van der Waals surface area contributed by atoms with Crippen LogP contribution in [0.4, 0.5) is 4.39 Å². The van der Waals surface area contributed by atoms with Gasteiger partial charge in [-0.25, -0.2) is 9.37 Å². The van der Waals surface area contributed by atoms with Crippen molar-refractivity contribution in [2.45, 2.75) is 6.92 Å². The zero-order chi connectivity index (χ0) is 22.5. The number of aryl methyl sites for hydroxylation is 1. The lowest BCUT2D eigenvalue weighted by molar-refractivity contribution is 0.473. The largest absolute Gasteiger partial charge is 0.506 e. The first-order valence-electron chi connectivity index (χ1n) is 10.4. The predicted molar refractivity (Wildman–Crippen MR) is 126 cm³/mol. The number of halogens is 1. The third kappa shape index (κ3) is 3.30. The normalized spacial score (nSPS) is 11.5. The molecule has 0 aliphatic carbocycles. The molecule has 6 nitrogen and oxygen atoms in total. The molecule has 33 heavy (non-hydrogen) atoms. The number of H-pyrrole nitrogens is 2. The minimum absolute atomic E-state index is 0.0933. The third-order valence-corrected chi connectivity index (χ3v) is 5.75. The summed E-state index contributed by atoms with van der Waals surface area (Å²) in [6.07, 6.45) is 4.79. The Balaban J connectivity index is 1.51. The Hall–Kier alpha value is -4.52. The van der Waals surface area contributed by atoms with Gasteiger partial charge in [0.1, 0.15) is 17.3 Å². The highest BCUT2D eigenvalue weighted by molar-refractivity contribution is 6.01. The number of hydrogen-bond donors (Lipinski definition) is 3. The molecule has 2 aromatic carbocycles. The minimum atomic E-state index is -0.254. The molecule has 0 radical (unpaired) electrons. The molecule has 3 N–H and O–H groups in total. The summed E-state index contributed by atoms with van der Waals surface area (Å²) >= 11 is 0. The zero-order valence-corrected chi connectivity index (χ0v) is 17.6. The summed E-state index contributed by atoms with van der Waals surface area (Å²) < 4.78 is 14.1. The van der Waals surface area contributed by atoms with Gasteiger partial charge in [-0.15, -0.1) is 0 Å². The standard InChI is InChI=1S/C26H18FN5O/c1-14-5-15(7-18(27)6-14)20-3-2-4-23-21(20)10-24(30-23)25-22-9-17(12-29-26(22)32-31-25)16-8-19(33)13-28-11-16/h2-13,30,33H,1H3,(H,29,31,32). The van der Waals surface area contributed by atoms with Gasteiger partial charge in [0.15, 0.2) is 5.65 Å². The van der Waals surface area contributed by atoms with E-state index in [2.05, 4.69) is 25.1 Å². The lowest BCUT2D eigenvalue weighted by atomic mass is 9.99. The molecule has 160 valence electrons. The fourth-order valence-electron chi connectivity index (χ4n) is 4.28. The van der Waals surface area contributed by atoms with Crippen molar-refractivity contribution in [3.05, 3.63) is 84.6 Å². The van der Waals surface area contributed by atoms with Crippen molar-refractivity contribution >= 4 is 21.9 Å². The molecule has 6 aromatic rings. The summed E-state index contributed by atoms with van der Waals surface area (Å²) in [6, 6.07) is 16.6. The van der Waals surface area contributed by atoms with Gasteiger partial charge >= 0.3 is 0 Å². The molecular weight excluding hydrogens is 417 g/mol. The summed E-state index contributed by atoms with van der Waals surface area (Å²) in [4.78, 5) is 12.0. The number of aromatic nitrogens is 5. The highest BCUT2D eigenvalue weighted by Crippen LogP contribution is 2.35. The van der Waals surface area contributed by atoms with Gasteiger partial charge in [0.25, 0.3) is 0 Å². The van der Waals surface area contributed by atoms with Crippen molar-refractivity contribution in [1.29, 1.82) is 0 Å². The first-order chi connectivity index (χ1) is 16.0. The lowest BCUT2D eigenvalue weighted by Gasteiger charge is -2.05. The molecule has 0 atom stereocenters. The second kappa shape index (κ2) is 7.27. The topological polar surface area (TPSA) is 90.5 Å². The number of benzene rings is 2. The van der Waals surface area contributed by atoms with Gasteiger partial charge in [-0.2, -0.15) is 5.10 Å². The van der Waals surface area contributed by atoms with E-state index in [1.165, 1.54) is 12.3 Å². The van der Waals surface area contributed by atoms with E-state index in [0.29, 0.717) is 5.65 Å². The molecule has 4 aromatic heterocycles. The summed E-state index contributed by atoms with van der Waals surface area (Å²) in [6.45, 7) is 1.89. The van der Waals surface area contributed by atoms with Gasteiger partial charge < -0.3 is 10.1 Å². The minimum Gasteiger partial charge on any atom is -0.506 e. The maximum absolute atomic E-state index is 14.1. The zero-order valence-electron chi connectivity index (χ0n) is 17.6. The number of fused-ring (bicyclic) bond motifs is 2. The van der Waals surface area contributed by atoms with E-state index in [0.717, 1.165) is 55.5 Å². The fourth-order valence-corrected chi connectivity index (χ4v) is 4.28. The van der Waals surface area contributed by atoms with Gasteiger partial charge in [0, 0.05) is 39.8 Å². The first-order valence-corrected chi connectivity index (χ1v) is 10.4. The van der Waals surface area contributed by atoms with Crippen molar-refractivity contribution in [1.82, 2.24) is 25.1 Å². The van der Waals surface area contributed by atoms with E-state index >= 15 is 0 Å². The van der Waals surface area contributed by atoms with Crippen LogP contribution in [0.5, 0.6) is 5.75 Å². The van der Waals surface area contributed by atoms with Gasteiger partial charge in [-0.1, -0.05) is 18.2 Å². The van der Waals surface area contributed by atoms with Crippen molar-refractivity contribution in [2.75, 3.05) is 0 Å². The Morgan fingerprint density at radius 1 is 0.879 bits per heavy atom. The Morgan fingerprint density at radius 3 is 2.61 bits per heavy atom. The number of nitrogens with one attached hydrogen (secondary N) is 2. The molecule has 6 rings (SSSR count). The van der Waals surface area contributed by atoms with E-state index in [-0.39, 0.29) is 11.6 Å². The number of aromatic amines is 2. The molecule has 0 saturated carbocycles. The van der Waals surface area contributed by atoms with Crippen LogP contribution < -0.4 is 0 Å². The van der Waals surface area contributed by atoms with Crippen LogP contribution in [0, 0.1) is 12.7 Å². The van der Waals surface area contributed by atoms with Gasteiger partial charge in [-0.3, -0.25) is 10.1 Å². The molecule has 0 saturated heterocycles. The van der Waals surface area contributed by atoms with Gasteiger partial charge in [0.05, 0.1) is 11.9 Å². The number of hydrogen-bond acceptors (Lipinski definition) is 4. The van der Waals surface area contributed by atoms with Crippen LogP contribution in [-0.4, -0.2) is 30.3 Å². The molecule has 0 bridgehead atoms. The summed E-state index contributed by atoms with van der Waals surface area (Å²) in [5, 5.41) is 19.1. The second-order valence-electron chi connectivity index (χ2n) is 8.09. The number of rotatable bonds is 3. The fraction of sp³-hybridized carbons (Fsp3) is 0.0385. The highest BCUT2D eigenvalue weighted by atomic mass is 19.1. The monoisotopic (exact) mass is 435 g/mol.